The number of benzene rings is 3. The molecular weight excluding hydrogens is 374 g/mol. The minimum Gasteiger partial charge on any atom is -0.496 e. The number of sulfone groups is 1. The minimum absolute atomic E-state index is 0.179. The second kappa shape index (κ2) is 8.27. The molecule has 28 heavy (non-hydrogen) atoms. The molecule has 144 valence electrons. The summed E-state index contributed by atoms with van der Waals surface area (Å²) in [6.07, 6.45) is 1.81. The van der Waals surface area contributed by atoms with Crippen LogP contribution in [0.3, 0.4) is 0 Å². The van der Waals surface area contributed by atoms with Crippen LogP contribution < -0.4 is 10.1 Å². The van der Waals surface area contributed by atoms with Crippen molar-refractivity contribution in [1.29, 1.82) is 0 Å². The van der Waals surface area contributed by atoms with E-state index in [0.29, 0.717) is 17.7 Å². The van der Waals surface area contributed by atoms with Gasteiger partial charge in [0.05, 0.1) is 12.0 Å². The lowest BCUT2D eigenvalue weighted by Gasteiger charge is -2.12. The Hall–Kier alpha value is -3.12. The van der Waals surface area contributed by atoms with Gasteiger partial charge >= 0.3 is 0 Å². The number of hydrogen-bond acceptors (Lipinski definition) is 4. The number of rotatable bonds is 6. The lowest BCUT2D eigenvalue weighted by molar-refractivity contribution is 0.102. The summed E-state index contributed by atoms with van der Waals surface area (Å²) in [5.74, 6) is 0.440. The molecule has 5 nitrogen and oxygen atoms in total. The van der Waals surface area contributed by atoms with E-state index in [1.54, 1.807) is 13.2 Å². The third-order valence-electron chi connectivity index (χ3n) is 4.32. The highest BCUT2D eigenvalue weighted by atomic mass is 32.2. The largest absolute Gasteiger partial charge is 0.496 e. The van der Waals surface area contributed by atoms with Crippen LogP contribution in [0.2, 0.25) is 0 Å². The van der Waals surface area contributed by atoms with Crippen LogP contribution in [0, 0.1) is 0 Å². The summed E-state index contributed by atoms with van der Waals surface area (Å²) in [7, 11) is -1.68. The van der Waals surface area contributed by atoms with Crippen molar-refractivity contribution in [1.82, 2.24) is 0 Å². The Balaban J connectivity index is 1.80. The summed E-state index contributed by atoms with van der Waals surface area (Å²) in [5.41, 5.74) is 3.12. The topological polar surface area (TPSA) is 72.5 Å². The molecule has 0 fully saturated rings. The van der Waals surface area contributed by atoms with Crippen molar-refractivity contribution in [2.24, 2.45) is 0 Å². The van der Waals surface area contributed by atoms with Crippen LogP contribution in [0.15, 0.2) is 77.7 Å². The van der Waals surface area contributed by atoms with Gasteiger partial charge in [-0.2, -0.15) is 0 Å². The Kier molecular flexibility index (Phi) is 5.80. The van der Waals surface area contributed by atoms with Crippen molar-refractivity contribution in [2.75, 3.05) is 18.7 Å². The van der Waals surface area contributed by atoms with Crippen molar-refractivity contribution in [3.63, 3.8) is 0 Å². The van der Waals surface area contributed by atoms with Crippen LogP contribution in [-0.4, -0.2) is 27.7 Å². The first kappa shape index (κ1) is 19.6. The van der Waals surface area contributed by atoms with E-state index in [0.717, 1.165) is 23.1 Å². The maximum atomic E-state index is 12.5. The number of ether oxygens (including phenoxy) is 1. The number of methoxy groups -OCH3 is 1. The van der Waals surface area contributed by atoms with E-state index < -0.39 is 9.84 Å². The number of carbonyl (C=O) groups is 1. The summed E-state index contributed by atoms with van der Waals surface area (Å²) in [4.78, 5) is 12.7. The molecule has 0 radical (unpaired) electrons. The molecule has 0 aromatic heterocycles. The van der Waals surface area contributed by atoms with Gasteiger partial charge in [0.15, 0.2) is 9.84 Å². The lowest BCUT2D eigenvalue weighted by atomic mass is 10.0. The molecule has 3 rings (SSSR count). The molecule has 0 aliphatic rings. The summed E-state index contributed by atoms with van der Waals surface area (Å²) in [6.45, 7) is 0. The molecule has 0 aliphatic carbocycles. The molecular formula is C22H21NO4S. The van der Waals surface area contributed by atoms with E-state index in [2.05, 4.69) is 5.32 Å². The number of hydrogen-bond donors (Lipinski definition) is 1. The van der Waals surface area contributed by atoms with E-state index in [1.807, 2.05) is 42.5 Å². The average molecular weight is 395 g/mol. The van der Waals surface area contributed by atoms with Gasteiger partial charge in [-0.1, -0.05) is 30.3 Å². The zero-order valence-corrected chi connectivity index (χ0v) is 16.5. The molecule has 1 N–H and O–H groups in total. The summed E-state index contributed by atoms with van der Waals surface area (Å²) >= 11 is 0. The Bertz CT molecular complexity index is 1080. The van der Waals surface area contributed by atoms with E-state index in [1.165, 1.54) is 24.3 Å². The molecule has 0 spiro atoms. The van der Waals surface area contributed by atoms with Gasteiger partial charge in [-0.15, -0.1) is 0 Å². The fourth-order valence-electron chi connectivity index (χ4n) is 2.87. The number of carbonyl (C=O) groups excluding carboxylic acids is 1. The molecule has 0 heterocycles. The first-order valence-corrected chi connectivity index (χ1v) is 10.6. The molecule has 0 aliphatic heterocycles. The molecule has 3 aromatic rings. The third kappa shape index (κ3) is 4.78. The van der Waals surface area contributed by atoms with Crippen molar-refractivity contribution in [3.8, 4) is 5.75 Å². The van der Waals surface area contributed by atoms with Crippen LogP contribution in [0.25, 0.3) is 0 Å². The highest BCUT2D eigenvalue weighted by Gasteiger charge is 2.12. The van der Waals surface area contributed by atoms with Gasteiger partial charge in [-0.05, 0) is 48.0 Å². The predicted octanol–water partition coefficient (Wildman–Crippen LogP) is 3.94. The molecule has 1 amide bonds. The maximum absolute atomic E-state index is 12.5. The fourth-order valence-corrected chi connectivity index (χ4v) is 3.50. The van der Waals surface area contributed by atoms with Crippen molar-refractivity contribution >= 4 is 21.4 Å². The SMILES string of the molecule is COc1ccc(NC(=O)c2ccc(S(C)(=O)=O)cc2)cc1Cc1ccccc1. The number of amides is 1. The first-order valence-electron chi connectivity index (χ1n) is 8.69. The van der Waals surface area contributed by atoms with E-state index in [4.69, 9.17) is 4.74 Å². The van der Waals surface area contributed by atoms with Crippen LogP contribution in [0.1, 0.15) is 21.5 Å². The Morgan fingerprint density at radius 1 is 0.964 bits per heavy atom. The highest BCUT2D eigenvalue weighted by Crippen LogP contribution is 2.25. The van der Waals surface area contributed by atoms with Gasteiger partial charge in [0, 0.05) is 29.5 Å². The predicted molar refractivity (Wildman–Crippen MR) is 110 cm³/mol. The van der Waals surface area contributed by atoms with Gasteiger partial charge in [0.25, 0.3) is 5.91 Å². The van der Waals surface area contributed by atoms with Gasteiger partial charge in [0.1, 0.15) is 5.75 Å². The monoisotopic (exact) mass is 395 g/mol. The molecule has 0 atom stereocenters. The zero-order chi connectivity index (χ0) is 20.1. The highest BCUT2D eigenvalue weighted by molar-refractivity contribution is 7.90. The zero-order valence-electron chi connectivity index (χ0n) is 15.7. The van der Waals surface area contributed by atoms with E-state index >= 15 is 0 Å². The lowest BCUT2D eigenvalue weighted by Crippen LogP contribution is -2.12. The summed E-state index contributed by atoms with van der Waals surface area (Å²) in [6, 6.07) is 21.3. The third-order valence-corrected chi connectivity index (χ3v) is 5.45. The van der Waals surface area contributed by atoms with Crippen LogP contribution >= 0.6 is 0 Å². The van der Waals surface area contributed by atoms with Crippen molar-refractivity contribution in [3.05, 3.63) is 89.5 Å². The molecule has 0 saturated carbocycles. The minimum atomic E-state index is -3.29. The van der Waals surface area contributed by atoms with Gasteiger partial charge in [-0.25, -0.2) is 8.42 Å². The molecule has 0 bridgehead atoms. The summed E-state index contributed by atoms with van der Waals surface area (Å²) < 4.78 is 28.5. The van der Waals surface area contributed by atoms with E-state index in [9.17, 15) is 13.2 Å². The normalized spacial score (nSPS) is 11.1. The summed E-state index contributed by atoms with van der Waals surface area (Å²) in [5, 5.41) is 2.85. The molecule has 0 saturated heterocycles. The second-order valence-corrected chi connectivity index (χ2v) is 8.46. The van der Waals surface area contributed by atoms with Crippen LogP contribution in [0.4, 0.5) is 5.69 Å². The second-order valence-electron chi connectivity index (χ2n) is 6.44. The van der Waals surface area contributed by atoms with Crippen LogP contribution in [-0.2, 0) is 16.3 Å². The van der Waals surface area contributed by atoms with Crippen LogP contribution in [0.5, 0.6) is 5.75 Å². The van der Waals surface area contributed by atoms with Gasteiger partial charge in [0.2, 0.25) is 0 Å². The Labute approximate surface area is 164 Å². The number of anilines is 1. The Morgan fingerprint density at radius 3 is 2.25 bits per heavy atom. The fraction of sp³-hybridized carbons (Fsp3) is 0.136. The van der Waals surface area contributed by atoms with Gasteiger partial charge in [-0.3, -0.25) is 4.79 Å². The number of nitrogens with one attached hydrogen (secondary N) is 1. The maximum Gasteiger partial charge on any atom is 0.255 e. The van der Waals surface area contributed by atoms with Gasteiger partial charge < -0.3 is 10.1 Å². The smallest absolute Gasteiger partial charge is 0.255 e. The standard InChI is InChI=1S/C22H21NO4S/c1-27-21-13-10-19(15-18(21)14-16-6-4-3-5-7-16)23-22(24)17-8-11-20(12-9-17)28(2,25)26/h3-13,15H,14H2,1-2H3,(H,23,24). The molecule has 6 heteroatoms. The molecule has 0 unspecified atom stereocenters. The quantitative estimate of drug-likeness (QED) is 0.686. The Morgan fingerprint density at radius 2 is 1.64 bits per heavy atom. The van der Waals surface area contributed by atoms with Crippen molar-refractivity contribution < 1.29 is 17.9 Å². The van der Waals surface area contributed by atoms with E-state index in [-0.39, 0.29) is 10.8 Å². The van der Waals surface area contributed by atoms with Crippen molar-refractivity contribution in [2.45, 2.75) is 11.3 Å². The average Bonchev–Trinajstić information content (AvgIpc) is 2.68. The first-order chi connectivity index (χ1) is 13.4. The molecule has 3 aromatic carbocycles.